The molecule has 2 aliphatic rings. The fourth-order valence-electron chi connectivity index (χ4n) is 4.76. The molecule has 3 N–H and O–H groups in total. The van der Waals surface area contributed by atoms with Crippen molar-refractivity contribution in [2.24, 2.45) is 4.99 Å². The third kappa shape index (κ3) is 5.90. The number of rotatable bonds is 7. The zero-order chi connectivity index (χ0) is 20.8. The van der Waals surface area contributed by atoms with Gasteiger partial charge in [-0.15, -0.1) is 24.0 Å². The van der Waals surface area contributed by atoms with Crippen LogP contribution in [0, 0.1) is 5.82 Å². The molecule has 0 bridgehead atoms. The zero-order valence-electron chi connectivity index (χ0n) is 18.4. The van der Waals surface area contributed by atoms with E-state index in [1.807, 2.05) is 6.20 Å². The summed E-state index contributed by atoms with van der Waals surface area (Å²) in [4.78, 5) is 10.8. The van der Waals surface area contributed by atoms with Gasteiger partial charge in [-0.3, -0.25) is 9.89 Å². The number of ether oxygens (including phenoxy) is 1. The van der Waals surface area contributed by atoms with Gasteiger partial charge in [0.1, 0.15) is 5.82 Å². The van der Waals surface area contributed by atoms with Crippen molar-refractivity contribution in [1.82, 2.24) is 20.5 Å². The smallest absolute Gasteiger partial charge is 0.191 e. The second-order valence-corrected chi connectivity index (χ2v) is 8.41. The predicted octanol–water partition coefficient (Wildman–Crippen LogP) is 3.67. The van der Waals surface area contributed by atoms with Gasteiger partial charge in [-0.25, -0.2) is 4.39 Å². The highest BCUT2D eigenvalue weighted by atomic mass is 127. The van der Waals surface area contributed by atoms with Crippen LogP contribution in [0.2, 0.25) is 0 Å². The highest BCUT2D eigenvalue weighted by Gasteiger charge is 2.39. The molecule has 2 aromatic rings. The van der Waals surface area contributed by atoms with E-state index in [-0.39, 0.29) is 35.3 Å². The lowest BCUT2D eigenvalue weighted by Gasteiger charge is -2.43. The number of guanidine groups is 1. The molecule has 0 atom stereocenters. The van der Waals surface area contributed by atoms with Crippen molar-refractivity contribution < 1.29 is 9.13 Å². The van der Waals surface area contributed by atoms with Crippen LogP contribution in [0.25, 0.3) is 10.9 Å². The molecule has 4 rings (SSSR count). The molecule has 6 nitrogen and oxygen atoms in total. The summed E-state index contributed by atoms with van der Waals surface area (Å²) in [5, 5.41) is 7.80. The van der Waals surface area contributed by atoms with Crippen LogP contribution in [-0.4, -0.2) is 67.3 Å². The first-order valence-electron chi connectivity index (χ1n) is 11.3. The van der Waals surface area contributed by atoms with Crippen LogP contribution in [0.5, 0.6) is 0 Å². The first kappa shape index (κ1) is 24.3. The van der Waals surface area contributed by atoms with E-state index < -0.39 is 0 Å². The van der Waals surface area contributed by atoms with Gasteiger partial charge >= 0.3 is 0 Å². The number of nitrogens with one attached hydrogen (secondary N) is 3. The van der Waals surface area contributed by atoms with E-state index in [0.29, 0.717) is 0 Å². The number of fused-ring (bicyclic) bond motifs is 1. The van der Waals surface area contributed by atoms with Gasteiger partial charge in [0.2, 0.25) is 0 Å². The van der Waals surface area contributed by atoms with Gasteiger partial charge < -0.3 is 20.4 Å². The normalized spacial score (nSPS) is 19.4. The van der Waals surface area contributed by atoms with Crippen LogP contribution in [-0.2, 0) is 11.2 Å². The largest absolute Gasteiger partial charge is 0.381 e. The number of H-pyrrole nitrogens is 1. The maximum absolute atomic E-state index is 13.6. The summed E-state index contributed by atoms with van der Waals surface area (Å²) in [5.41, 5.74) is 2.22. The van der Waals surface area contributed by atoms with Crippen molar-refractivity contribution in [1.29, 1.82) is 0 Å². The van der Waals surface area contributed by atoms with Crippen molar-refractivity contribution in [2.45, 2.75) is 44.6 Å². The second kappa shape index (κ2) is 11.5. The molecule has 2 fully saturated rings. The average Bonchev–Trinajstić information content (AvgIpc) is 3.43. The van der Waals surface area contributed by atoms with Crippen LogP contribution >= 0.6 is 24.0 Å². The van der Waals surface area contributed by atoms with Crippen LogP contribution in [0.1, 0.15) is 38.2 Å². The summed E-state index contributed by atoms with van der Waals surface area (Å²) < 4.78 is 19.3. The SMILES string of the molecule is CCNC(=NCC1(N2CCCC2)CCOCC1)NCCc1c[nH]c2ccc(F)cc12.I. The minimum atomic E-state index is -0.199. The van der Waals surface area contributed by atoms with Crippen molar-refractivity contribution >= 4 is 40.8 Å². The zero-order valence-corrected chi connectivity index (χ0v) is 20.7. The summed E-state index contributed by atoms with van der Waals surface area (Å²) in [6.45, 7) is 8.46. The number of benzene rings is 1. The number of aromatic amines is 1. The molecule has 1 aromatic heterocycles. The third-order valence-corrected chi connectivity index (χ3v) is 6.49. The van der Waals surface area contributed by atoms with Gasteiger partial charge in [-0.1, -0.05) is 0 Å². The van der Waals surface area contributed by atoms with Gasteiger partial charge in [-0.05, 0) is 75.9 Å². The van der Waals surface area contributed by atoms with Crippen LogP contribution < -0.4 is 10.6 Å². The summed E-state index contributed by atoms with van der Waals surface area (Å²) in [5.74, 6) is 0.656. The molecule has 1 aromatic carbocycles. The molecule has 8 heteroatoms. The van der Waals surface area contributed by atoms with Crippen molar-refractivity contribution in [3.05, 3.63) is 35.8 Å². The van der Waals surface area contributed by atoms with Gasteiger partial charge in [0.25, 0.3) is 0 Å². The summed E-state index contributed by atoms with van der Waals surface area (Å²) in [6, 6.07) is 4.88. The number of aromatic nitrogens is 1. The Labute approximate surface area is 201 Å². The monoisotopic (exact) mass is 543 g/mol. The maximum Gasteiger partial charge on any atom is 0.191 e. The Morgan fingerprint density at radius 3 is 2.74 bits per heavy atom. The van der Waals surface area contributed by atoms with Crippen LogP contribution in [0.3, 0.4) is 0 Å². The van der Waals surface area contributed by atoms with Gasteiger partial charge in [-0.2, -0.15) is 0 Å². The maximum atomic E-state index is 13.6. The molecule has 0 aliphatic carbocycles. The Kier molecular flexibility index (Phi) is 8.97. The quantitative estimate of drug-likeness (QED) is 0.284. The van der Waals surface area contributed by atoms with E-state index in [0.717, 1.165) is 74.5 Å². The molecule has 3 heterocycles. The molecule has 0 radical (unpaired) electrons. The molecule has 0 unspecified atom stereocenters. The predicted molar refractivity (Wildman–Crippen MR) is 135 cm³/mol. The number of nitrogens with zero attached hydrogens (tertiary/aromatic N) is 2. The van der Waals surface area contributed by atoms with Crippen molar-refractivity contribution in [2.75, 3.05) is 45.9 Å². The highest BCUT2D eigenvalue weighted by Crippen LogP contribution is 2.31. The fraction of sp³-hybridized carbons (Fsp3) is 0.609. The van der Waals surface area contributed by atoms with E-state index in [4.69, 9.17) is 9.73 Å². The number of hydrogen-bond acceptors (Lipinski definition) is 3. The molecular weight excluding hydrogens is 508 g/mol. The number of likely N-dealkylation sites (tertiary alicyclic amines) is 1. The lowest BCUT2D eigenvalue weighted by molar-refractivity contribution is -0.0139. The van der Waals surface area contributed by atoms with E-state index in [9.17, 15) is 4.39 Å². The second-order valence-electron chi connectivity index (χ2n) is 8.41. The summed E-state index contributed by atoms with van der Waals surface area (Å²) in [6.07, 6.45) is 7.46. The number of halogens is 2. The number of hydrogen-bond donors (Lipinski definition) is 3. The van der Waals surface area contributed by atoms with Crippen molar-refractivity contribution in [3.63, 3.8) is 0 Å². The lowest BCUT2D eigenvalue weighted by atomic mass is 9.88. The topological polar surface area (TPSA) is 64.7 Å². The van der Waals surface area contributed by atoms with E-state index in [1.54, 1.807) is 12.1 Å². The van der Waals surface area contributed by atoms with Crippen LogP contribution in [0.15, 0.2) is 29.4 Å². The molecule has 0 spiro atoms. The standard InChI is InChI=1S/C23H34FN5O.HI/c1-2-25-22(26-10-7-18-16-27-21-6-5-19(24)15-20(18)21)28-17-23(8-13-30-14-9-23)29-11-3-4-12-29;/h5-6,15-16,27H,2-4,7-14,17H2,1H3,(H2,25,26,28);1H. The summed E-state index contributed by atoms with van der Waals surface area (Å²) >= 11 is 0. The van der Waals surface area contributed by atoms with Gasteiger partial charge in [0.15, 0.2) is 5.96 Å². The van der Waals surface area contributed by atoms with Gasteiger partial charge in [0, 0.05) is 48.9 Å². The first-order valence-corrected chi connectivity index (χ1v) is 11.3. The fourth-order valence-corrected chi connectivity index (χ4v) is 4.76. The molecule has 2 saturated heterocycles. The molecule has 0 amide bonds. The van der Waals surface area contributed by atoms with Crippen molar-refractivity contribution in [3.8, 4) is 0 Å². The first-order chi connectivity index (χ1) is 14.7. The number of aliphatic imine (C=N–C) groups is 1. The molecule has 31 heavy (non-hydrogen) atoms. The highest BCUT2D eigenvalue weighted by molar-refractivity contribution is 14.0. The van der Waals surface area contributed by atoms with E-state index in [1.165, 1.54) is 32.0 Å². The minimum Gasteiger partial charge on any atom is -0.381 e. The lowest BCUT2D eigenvalue weighted by Crippen LogP contribution is -2.54. The molecule has 172 valence electrons. The van der Waals surface area contributed by atoms with E-state index in [2.05, 4.69) is 27.4 Å². The molecule has 2 aliphatic heterocycles. The third-order valence-electron chi connectivity index (χ3n) is 6.49. The Balaban J connectivity index is 0.00000272. The average molecular weight is 543 g/mol. The van der Waals surface area contributed by atoms with Gasteiger partial charge in [0.05, 0.1) is 6.54 Å². The summed E-state index contributed by atoms with van der Waals surface area (Å²) in [7, 11) is 0. The Morgan fingerprint density at radius 1 is 1.23 bits per heavy atom. The molecule has 0 saturated carbocycles. The minimum absolute atomic E-state index is 0. The van der Waals surface area contributed by atoms with Crippen LogP contribution in [0.4, 0.5) is 4.39 Å². The van der Waals surface area contributed by atoms with E-state index >= 15 is 0 Å². The molecular formula is C23H35FIN5O. The Morgan fingerprint density at radius 2 is 2.00 bits per heavy atom. The Hall–Kier alpha value is -1.39. The Bertz CT molecular complexity index is 859.